The minimum Gasteiger partial charge on any atom is -0.348 e. The largest absolute Gasteiger partial charge is 0.348 e. The van der Waals surface area contributed by atoms with E-state index >= 15 is 0 Å². The minimum atomic E-state index is 0.0651. The van der Waals surface area contributed by atoms with Crippen LogP contribution in [0.25, 0.3) is 0 Å². The summed E-state index contributed by atoms with van der Waals surface area (Å²) < 4.78 is 0.888. The van der Waals surface area contributed by atoms with Crippen molar-refractivity contribution in [2.24, 2.45) is 0 Å². The quantitative estimate of drug-likeness (QED) is 0.620. The van der Waals surface area contributed by atoms with E-state index in [0.29, 0.717) is 6.04 Å². The van der Waals surface area contributed by atoms with Crippen LogP contribution >= 0.6 is 0 Å². The lowest BCUT2D eigenvalue weighted by Crippen LogP contribution is -2.48. The molecule has 1 atom stereocenters. The summed E-state index contributed by atoms with van der Waals surface area (Å²) in [6.07, 6.45) is 0.995. The van der Waals surface area contributed by atoms with E-state index in [-0.39, 0.29) is 5.91 Å². The molecule has 0 aromatic heterocycles. The Bertz CT molecular complexity index is 149. The average Bonchev–Trinajstić information content (AvgIpc) is 1.82. The van der Waals surface area contributed by atoms with Crippen molar-refractivity contribution in [1.82, 2.24) is 5.32 Å². The van der Waals surface area contributed by atoms with E-state index in [1.54, 1.807) is 6.92 Å². The molecule has 0 aromatic carbocycles. The Kier molecular flexibility index (Phi) is 4.24. The lowest BCUT2D eigenvalue weighted by Gasteiger charge is -2.28. The topological polar surface area (TPSA) is 29.1 Å². The van der Waals surface area contributed by atoms with Crippen molar-refractivity contribution in [2.45, 2.75) is 26.3 Å². The number of quaternary nitrogens is 1. The molecule has 0 aromatic rings. The summed E-state index contributed by atoms with van der Waals surface area (Å²) in [4.78, 5) is 10.8. The minimum absolute atomic E-state index is 0.0651. The van der Waals surface area contributed by atoms with Crippen LogP contribution in [0.4, 0.5) is 0 Å². The number of amides is 1. The molecule has 3 heteroatoms. The third kappa shape index (κ3) is 6.16. The van der Waals surface area contributed by atoms with Gasteiger partial charge in [0.2, 0.25) is 5.91 Å². The second kappa shape index (κ2) is 4.45. The Morgan fingerprint density at radius 1 is 1.42 bits per heavy atom. The summed E-state index contributed by atoms with van der Waals surface area (Å²) in [7, 11) is 6.39. The smallest absolute Gasteiger partial charge is 0.217 e. The molecule has 0 heterocycles. The van der Waals surface area contributed by atoms with Gasteiger partial charge in [-0.2, -0.15) is 0 Å². The van der Waals surface area contributed by atoms with Gasteiger partial charge in [0.1, 0.15) is 0 Å². The first-order chi connectivity index (χ1) is 5.35. The van der Waals surface area contributed by atoms with Gasteiger partial charge in [0.05, 0.1) is 33.7 Å². The van der Waals surface area contributed by atoms with Gasteiger partial charge in [-0.1, -0.05) is 6.92 Å². The van der Waals surface area contributed by atoms with E-state index in [0.717, 1.165) is 17.4 Å². The van der Waals surface area contributed by atoms with Crippen LogP contribution < -0.4 is 5.32 Å². The average molecular weight is 173 g/mol. The number of nitrogens with zero attached hydrogens (tertiary/aromatic N) is 1. The second-order valence-electron chi connectivity index (χ2n) is 4.28. The predicted molar refractivity (Wildman–Crippen MR) is 50.8 cm³/mol. The number of nitrogens with one attached hydrogen (secondary N) is 1. The van der Waals surface area contributed by atoms with Crippen LogP contribution in [-0.4, -0.2) is 44.1 Å². The molecule has 0 bridgehead atoms. The molecule has 1 N–H and O–H groups in total. The lowest BCUT2D eigenvalue weighted by molar-refractivity contribution is -0.871. The number of rotatable bonds is 4. The zero-order valence-corrected chi connectivity index (χ0v) is 8.85. The van der Waals surface area contributed by atoms with Crippen LogP contribution in [0.3, 0.4) is 0 Å². The number of carbonyl (C=O) groups excluding carboxylic acids is 1. The van der Waals surface area contributed by atoms with Crippen LogP contribution in [0.2, 0.25) is 0 Å². The van der Waals surface area contributed by atoms with Gasteiger partial charge in [-0.05, 0) is 6.42 Å². The van der Waals surface area contributed by atoms with Gasteiger partial charge >= 0.3 is 0 Å². The van der Waals surface area contributed by atoms with E-state index in [1.165, 1.54) is 0 Å². The Hall–Kier alpha value is -0.570. The molecule has 72 valence electrons. The van der Waals surface area contributed by atoms with Crippen molar-refractivity contribution in [3.05, 3.63) is 0 Å². The van der Waals surface area contributed by atoms with Crippen LogP contribution in [0.5, 0.6) is 0 Å². The highest BCUT2D eigenvalue weighted by molar-refractivity contribution is 5.73. The van der Waals surface area contributed by atoms with Crippen molar-refractivity contribution in [1.29, 1.82) is 0 Å². The van der Waals surface area contributed by atoms with Crippen LogP contribution in [-0.2, 0) is 4.79 Å². The van der Waals surface area contributed by atoms with Gasteiger partial charge in [-0.3, -0.25) is 4.79 Å². The summed E-state index contributed by atoms with van der Waals surface area (Å²) in [6, 6.07) is 0.308. The molecule has 0 aliphatic carbocycles. The van der Waals surface area contributed by atoms with Gasteiger partial charge in [0, 0.05) is 6.92 Å². The van der Waals surface area contributed by atoms with Gasteiger partial charge < -0.3 is 9.80 Å². The molecule has 0 rings (SSSR count). The first-order valence-corrected chi connectivity index (χ1v) is 4.42. The van der Waals surface area contributed by atoms with E-state index in [9.17, 15) is 4.79 Å². The highest BCUT2D eigenvalue weighted by atomic mass is 16.1. The van der Waals surface area contributed by atoms with E-state index in [2.05, 4.69) is 33.4 Å². The fourth-order valence-electron chi connectivity index (χ4n) is 1.23. The van der Waals surface area contributed by atoms with Crippen LogP contribution in [0.1, 0.15) is 20.3 Å². The highest BCUT2D eigenvalue weighted by Crippen LogP contribution is 1.98. The maximum atomic E-state index is 10.8. The van der Waals surface area contributed by atoms with Gasteiger partial charge in [0.15, 0.2) is 0 Å². The van der Waals surface area contributed by atoms with Gasteiger partial charge in [-0.15, -0.1) is 0 Å². The molecule has 1 unspecified atom stereocenters. The number of likely N-dealkylation sites (N-methyl/N-ethyl adjacent to an activating group) is 1. The normalized spacial score (nSPS) is 14.1. The molecule has 0 aliphatic heterocycles. The first-order valence-electron chi connectivity index (χ1n) is 4.42. The molecular weight excluding hydrogens is 152 g/mol. The molecule has 12 heavy (non-hydrogen) atoms. The fraction of sp³-hybridized carbons (Fsp3) is 0.889. The molecule has 0 radical (unpaired) electrons. The molecule has 1 amide bonds. The van der Waals surface area contributed by atoms with Gasteiger partial charge in [0.25, 0.3) is 0 Å². The Morgan fingerprint density at radius 2 is 1.92 bits per heavy atom. The fourth-order valence-corrected chi connectivity index (χ4v) is 1.23. The first kappa shape index (κ1) is 11.4. The third-order valence-electron chi connectivity index (χ3n) is 1.67. The van der Waals surface area contributed by atoms with Crippen LogP contribution in [0.15, 0.2) is 0 Å². The molecular formula is C9H21N2O+. The predicted octanol–water partition coefficient (Wildman–Crippen LogP) is 0.607. The molecule has 0 spiro atoms. The van der Waals surface area contributed by atoms with Gasteiger partial charge in [-0.25, -0.2) is 0 Å². The summed E-state index contributed by atoms with van der Waals surface area (Å²) in [5, 5.41) is 2.93. The van der Waals surface area contributed by atoms with Crippen molar-refractivity contribution in [2.75, 3.05) is 27.7 Å². The SMILES string of the molecule is CCC(C[N+](C)(C)C)NC(C)=O. The monoisotopic (exact) mass is 173 g/mol. The van der Waals surface area contributed by atoms with Crippen molar-refractivity contribution >= 4 is 5.91 Å². The second-order valence-corrected chi connectivity index (χ2v) is 4.28. The third-order valence-corrected chi connectivity index (χ3v) is 1.67. The zero-order valence-electron chi connectivity index (χ0n) is 8.85. The zero-order chi connectivity index (χ0) is 9.78. The van der Waals surface area contributed by atoms with E-state index < -0.39 is 0 Å². The van der Waals surface area contributed by atoms with E-state index in [4.69, 9.17) is 0 Å². The van der Waals surface area contributed by atoms with Crippen molar-refractivity contribution < 1.29 is 9.28 Å². The van der Waals surface area contributed by atoms with Crippen molar-refractivity contribution in [3.8, 4) is 0 Å². The lowest BCUT2D eigenvalue weighted by atomic mass is 10.2. The number of carbonyl (C=O) groups is 1. The van der Waals surface area contributed by atoms with Crippen LogP contribution in [0, 0.1) is 0 Å². The molecule has 0 aliphatic rings. The maximum Gasteiger partial charge on any atom is 0.217 e. The number of hydrogen-bond donors (Lipinski definition) is 1. The standard InChI is InChI=1S/C9H20N2O/c1-6-9(10-8(2)12)7-11(3,4)5/h9H,6-7H2,1-5H3/p+1. The molecule has 3 nitrogen and oxygen atoms in total. The Morgan fingerprint density at radius 3 is 2.17 bits per heavy atom. The summed E-state index contributed by atoms with van der Waals surface area (Å²) in [5.41, 5.74) is 0. The molecule has 0 saturated heterocycles. The Balaban J connectivity index is 3.92. The summed E-state index contributed by atoms with van der Waals surface area (Å²) in [6.45, 7) is 4.64. The summed E-state index contributed by atoms with van der Waals surface area (Å²) in [5.74, 6) is 0.0651. The Labute approximate surface area is 75.3 Å². The highest BCUT2D eigenvalue weighted by Gasteiger charge is 2.16. The maximum absolute atomic E-state index is 10.8. The summed E-state index contributed by atoms with van der Waals surface area (Å²) >= 11 is 0. The number of hydrogen-bond acceptors (Lipinski definition) is 1. The van der Waals surface area contributed by atoms with E-state index in [1.807, 2.05) is 0 Å². The van der Waals surface area contributed by atoms with Crippen molar-refractivity contribution in [3.63, 3.8) is 0 Å². The molecule has 0 saturated carbocycles. The molecule has 0 fully saturated rings.